The number of carbonyl (C=O) groups excluding carboxylic acids is 1. The van der Waals surface area contributed by atoms with Gasteiger partial charge in [-0.05, 0) is 56.9 Å². The Bertz CT molecular complexity index is 1040. The van der Waals surface area contributed by atoms with Crippen LogP contribution in [0.15, 0.2) is 29.1 Å². The number of aryl methyl sites for hydroxylation is 3. The molecule has 1 aliphatic rings. The van der Waals surface area contributed by atoms with Crippen molar-refractivity contribution in [3.63, 3.8) is 0 Å². The highest BCUT2D eigenvalue weighted by Gasteiger charge is 2.21. The van der Waals surface area contributed by atoms with Crippen LogP contribution in [0.1, 0.15) is 35.7 Å². The zero-order valence-electron chi connectivity index (χ0n) is 14.1. The molecule has 0 saturated carbocycles. The summed E-state index contributed by atoms with van der Waals surface area (Å²) >= 11 is 1.62. The van der Waals surface area contributed by atoms with Gasteiger partial charge in [0.25, 0.3) is 5.56 Å². The van der Waals surface area contributed by atoms with Crippen molar-refractivity contribution in [2.45, 2.75) is 39.2 Å². The number of nitrogens with one attached hydrogen (secondary N) is 1. The van der Waals surface area contributed by atoms with Crippen LogP contribution in [0, 0.1) is 6.92 Å². The van der Waals surface area contributed by atoms with Crippen LogP contribution in [0.4, 0.5) is 5.69 Å². The zero-order chi connectivity index (χ0) is 17.6. The van der Waals surface area contributed by atoms with Gasteiger partial charge in [0.15, 0.2) is 0 Å². The van der Waals surface area contributed by atoms with E-state index in [-0.39, 0.29) is 11.5 Å². The lowest BCUT2D eigenvalue weighted by Crippen LogP contribution is -2.33. The number of nitrogens with zero attached hydrogens (tertiary/aromatic N) is 3. The number of carbonyl (C=O) groups is 1. The van der Waals surface area contributed by atoms with E-state index in [4.69, 9.17) is 0 Å². The Kier molecular flexibility index (Phi) is 3.88. The number of hydrogen-bond acceptors (Lipinski definition) is 5. The molecule has 0 fully saturated rings. The van der Waals surface area contributed by atoms with E-state index in [0.717, 1.165) is 45.7 Å². The normalized spacial score (nSPS) is 14.5. The minimum Gasteiger partial charge on any atom is -0.324 e. The Hall–Kier alpha value is -2.54. The molecule has 2 heterocycles. The third-order valence-corrected chi connectivity index (χ3v) is 5.44. The summed E-state index contributed by atoms with van der Waals surface area (Å²) in [7, 11) is 0. The average molecular weight is 354 g/mol. The molecule has 1 aliphatic carbocycles. The van der Waals surface area contributed by atoms with Crippen LogP contribution in [-0.4, -0.2) is 20.7 Å². The summed E-state index contributed by atoms with van der Waals surface area (Å²) in [5.74, 6) is -0.265. The maximum atomic E-state index is 12.6. The molecule has 6 nitrogen and oxygen atoms in total. The van der Waals surface area contributed by atoms with E-state index in [2.05, 4.69) is 15.4 Å². The van der Waals surface area contributed by atoms with Crippen LogP contribution < -0.4 is 10.9 Å². The van der Waals surface area contributed by atoms with Crippen LogP contribution >= 0.6 is 11.3 Å². The Balaban J connectivity index is 1.58. The van der Waals surface area contributed by atoms with Gasteiger partial charge in [-0.2, -0.15) is 5.10 Å². The number of aromatic nitrogens is 3. The first-order valence-electron chi connectivity index (χ1n) is 8.31. The number of anilines is 1. The van der Waals surface area contributed by atoms with Crippen molar-refractivity contribution in [2.24, 2.45) is 0 Å². The topological polar surface area (TPSA) is 76.9 Å². The van der Waals surface area contributed by atoms with Gasteiger partial charge < -0.3 is 5.32 Å². The number of amides is 1. The first kappa shape index (κ1) is 16.0. The maximum Gasteiger partial charge on any atom is 0.267 e. The van der Waals surface area contributed by atoms with E-state index in [1.54, 1.807) is 24.3 Å². The Morgan fingerprint density at radius 3 is 3.00 bits per heavy atom. The monoisotopic (exact) mass is 354 g/mol. The van der Waals surface area contributed by atoms with Gasteiger partial charge in [-0.3, -0.25) is 9.59 Å². The quantitative estimate of drug-likeness (QED) is 0.785. The van der Waals surface area contributed by atoms with E-state index in [9.17, 15) is 9.59 Å². The lowest BCUT2D eigenvalue weighted by atomic mass is 10.2. The van der Waals surface area contributed by atoms with Crippen molar-refractivity contribution >= 4 is 33.1 Å². The third kappa shape index (κ3) is 2.95. The van der Waals surface area contributed by atoms with Crippen LogP contribution in [0.3, 0.4) is 0 Å². The van der Waals surface area contributed by atoms with E-state index in [0.29, 0.717) is 5.69 Å². The van der Waals surface area contributed by atoms with E-state index >= 15 is 0 Å². The molecule has 1 unspecified atom stereocenters. The summed E-state index contributed by atoms with van der Waals surface area (Å²) in [6.45, 7) is 3.65. The summed E-state index contributed by atoms with van der Waals surface area (Å²) in [6, 6.07) is 6.58. The number of thiazole rings is 1. The molecule has 0 saturated heterocycles. The van der Waals surface area contributed by atoms with Crippen LogP contribution in [0.5, 0.6) is 0 Å². The van der Waals surface area contributed by atoms with Gasteiger partial charge in [0.1, 0.15) is 6.04 Å². The fraction of sp³-hybridized carbons (Fsp3) is 0.333. The highest BCUT2D eigenvalue weighted by atomic mass is 32.1. The third-order valence-electron chi connectivity index (χ3n) is 4.49. The lowest BCUT2D eigenvalue weighted by molar-refractivity contribution is -0.119. The summed E-state index contributed by atoms with van der Waals surface area (Å²) in [6.07, 6.45) is 2.77. The molecule has 7 heteroatoms. The van der Waals surface area contributed by atoms with Gasteiger partial charge in [-0.1, -0.05) is 0 Å². The van der Waals surface area contributed by atoms with Crippen molar-refractivity contribution in [2.75, 3.05) is 5.32 Å². The predicted molar refractivity (Wildman–Crippen MR) is 98.2 cm³/mol. The minimum atomic E-state index is -0.675. The lowest BCUT2D eigenvalue weighted by Gasteiger charge is -2.15. The minimum absolute atomic E-state index is 0.228. The van der Waals surface area contributed by atoms with Crippen LogP contribution in [-0.2, 0) is 17.6 Å². The van der Waals surface area contributed by atoms with Crippen molar-refractivity contribution < 1.29 is 4.79 Å². The molecule has 2 aromatic heterocycles. The van der Waals surface area contributed by atoms with Crippen molar-refractivity contribution in [3.05, 3.63) is 50.9 Å². The van der Waals surface area contributed by atoms with Crippen LogP contribution in [0.2, 0.25) is 0 Å². The average Bonchev–Trinajstić information content (AvgIpc) is 3.17. The summed E-state index contributed by atoms with van der Waals surface area (Å²) in [5.41, 5.74) is 3.25. The molecule has 3 aromatic rings. The van der Waals surface area contributed by atoms with Gasteiger partial charge in [0.05, 0.1) is 20.9 Å². The fourth-order valence-corrected chi connectivity index (χ4v) is 3.98. The second-order valence-electron chi connectivity index (χ2n) is 6.33. The summed E-state index contributed by atoms with van der Waals surface area (Å²) in [4.78, 5) is 29.3. The molecular formula is C18H18N4O2S. The molecule has 0 aliphatic heterocycles. The van der Waals surface area contributed by atoms with Gasteiger partial charge in [0, 0.05) is 11.8 Å². The molecule has 25 heavy (non-hydrogen) atoms. The fourth-order valence-electron chi connectivity index (χ4n) is 3.17. The number of benzene rings is 1. The molecule has 1 amide bonds. The molecule has 1 atom stereocenters. The van der Waals surface area contributed by atoms with Gasteiger partial charge in [-0.15, -0.1) is 11.3 Å². The summed E-state index contributed by atoms with van der Waals surface area (Å²) < 4.78 is 2.37. The molecule has 4 rings (SSSR count). The molecule has 0 spiro atoms. The Morgan fingerprint density at radius 2 is 2.16 bits per heavy atom. The number of fused-ring (bicyclic) bond motifs is 2. The second-order valence-corrected chi connectivity index (χ2v) is 7.57. The molecule has 128 valence electrons. The van der Waals surface area contributed by atoms with Gasteiger partial charge >= 0.3 is 0 Å². The van der Waals surface area contributed by atoms with Crippen LogP contribution in [0.25, 0.3) is 10.2 Å². The zero-order valence-corrected chi connectivity index (χ0v) is 14.9. The highest BCUT2D eigenvalue weighted by molar-refractivity contribution is 7.18. The van der Waals surface area contributed by atoms with E-state index in [1.807, 2.05) is 25.1 Å². The van der Waals surface area contributed by atoms with Crippen molar-refractivity contribution in [1.29, 1.82) is 0 Å². The molecule has 1 N–H and O–H groups in total. The first-order chi connectivity index (χ1) is 12.0. The molecule has 0 bridgehead atoms. The predicted octanol–water partition coefficient (Wildman–Crippen LogP) is 2.85. The molecular weight excluding hydrogens is 336 g/mol. The van der Waals surface area contributed by atoms with Gasteiger partial charge in [0.2, 0.25) is 5.91 Å². The highest BCUT2D eigenvalue weighted by Crippen LogP contribution is 2.25. The van der Waals surface area contributed by atoms with Crippen molar-refractivity contribution in [3.8, 4) is 0 Å². The summed E-state index contributed by atoms with van der Waals surface area (Å²) in [5, 5.41) is 8.25. The molecule has 0 radical (unpaired) electrons. The maximum absolute atomic E-state index is 12.6. The van der Waals surface area contributed by atoms with Gasteiger partial charge in [-0.25, -0.2) is 9.67 Å². The number of rotatable bonds is 3. The Morgan fingerprint density at radius 1 is 1.32 bits per heavy atom. The SMILES string of the molecule is Cc1nc2cc(NC(=O)C(C)n3nc4c(cc3=O)CCC4)ccc2s1. The largest absolute Gasteiger partial charge is 0.324 e. The first-order valence-corrected chi connectivity index (χ1v) is 9.12. The molecule has 1 aromatic carbocycles. The van der Waals surface area contributed by atoms with Crippen molar-refractivity contribution in [1.82, 2.24) is 14.8 Å². The second kappa shape index (κ2) is 6.07. The van der Waals surface area contributed by atoms with E-state index < -0.39 is 6.04 Å². The van der Waals surface area contributed by atoms with E-state index in [1.165, 1.54) is 4.68 Å². The number of hydrogen-bond donors (Lipinski definition) is 1. The Labute approximate surface area is 148 Å². The smallest absolute Gasteiger partial charge is 0.267 e. The standard InChI is InChI=1S/C18H18N4O2S/c1-10(22-17(23)8-12-4-3-5-14(12)21-22)18(24)20-13-6-7-16-15(9-13)19-11(2)25-16/h6-10H,3-5H2,1-2H3,(H,20,24).